The molecule has 3 saturated heterocycles. The largest absolute Gasteiger partial charge is 0.379 e. The highest BCUT2D eigenvalue weighted by atomic mass is 16.5. The first-order valence-corrected chi connectivity index (χ1v) is 8.09. The number of piperidine rings is 1. The third-order valence-electron chi connectivity index (χ3n) is 5.07. The molecule has 3 atom stereocenters. The van der Waals surface area contributed by atoms with E-state index in [4.69, 9.17) is 4.74 Å². The molecule has 0 aromatic rings. The van der Waals surface area contributed by atoms with Crippen molar-refractivity contribution in [1.82, 2.24) is 15.1 Å². The van der Waals surface area contributed by atoms with Gasteiger partial charge in [0.2, 0.25) is 5.91 Å². The SMILES string of the molecule is CC1CCCNC1C(=O)N1CCC(N2CCOCC2)C1. The molecule has 0 spiro atoms. The average Bonchev–Trinajstić information content (AvgIpc) is 2.98. The zero-order valence-corrected chi connectivity index (χ0v) is 12.5. The Balaban J connectivity index is 1.54. The third kappa shape index (κ3) is 3.00. The van der Waals surface area contributed by atoms with Crippen LogP contribution in [0.25, 0.3) is 0 Å². The Bertz CT molecular complexity index is 344. The van der Waals surface area contributed by atoms with E-state index >= 15 is 0 Å². The maximum Gasteiger partial charge on any atom is 0.240 e. The summed E-state index contributed by atoms with van der Waals surface area (Å²) in [7, 11) is 0. The number of carbonyl (C=O) groups excluding carboxylic acids is 1. The van der Waals surface area contributed by atoms with Gasteiger partial charge in [-0.25, -0.2) is 0 Å². The highest BCUT2D eigenvalue weighted by Gasteiger charge is 2.36. The van der Waals surface area contributed by atoms with E-state index in [1.807, 2.05) is 0 Å². The summed E-state index contributed by atoms with van der Waals surface area (Å²) in [5, 5.41) is 3.42. The van der Waals surface area contributed by atoms with Crippen molar-refractivity contribution in [3.63, 3.8) is 0 Å². The van der Waals surface area contributed by atoms with Gasteiger partial charge in [-0.15, -0.1) is 0 Å². The fraction of sp³-hybridized carbons (Fsp3) is 0.933. The fourth-order valence-electron chi connectivity index (χ4n) is 3.76. The van der Waals surface area contributed by atoms with Crippen molar-refractivity contribution < 1.29 is 9.53 Å². The molecular weight excluding hydrogens is 254 g/mol. The molecule has 3 rings (SSSR count). The maximum absolute atomic E-state index is 12.7. The summed E-state index contributed by atoms with van der Waals surface area (Å²) in [6.07, 6.45) is 3.48. The van der Waals surface area contributed by atoms with E-state index in [0.29, 0.717) is 17.9 Å². The van der Waals surface area contributed by atoms with Crippen LogP contribution in [0.3, 0.4) is 0 Å². The van der Waals surface area contributed by atoms with Crippen LogP contribution in [0, 0.1) is 5.92 Å². The molecule has 114 valence electrons. The number of nitrogens with one attached hydrogen (secondary N) is 1. The highest BCUT2D eigenvalue weighted by Crippen LogP contribution is 2.22. The molecule has 3 aliphatic rings. The van der Waals surface area contributed by atoms with Crippen LogP contribution < -0.4 is 5.32 Å². The summed E-state index contributed by atoms with van der Waals surface area (Å²) in [6, 6.07) is 0.592. The number of amides is 1. The highest BCUT2D eigenvalue weighted by molar-refractivity contribution is 5.82. The molecular formula is C15H27N3O2. The van der Waals surface area contributed by atoms with Gasteiger partial charge in [-0.05, 0) is 31.7 Å². The summed E-state index contributed by atoms with van der Waals surface area (Å²) in [4.78, 5) is 17.2. The average molecular weight is 281 g/mol. The molecule has 20 heavy (non-hydrogen) atoms. The molecule has 3 heterocycles. The third-order valence-corrected chi connectivity index (χ3v) is 5.07. The van der Waals surface area contributed by atoms with Gasteiger partial charge in [-0.3, -0.25) is 9.69 Å². The van der Waals surface area contributed by atoms with E-state index in [-0.39, 0.29) is 6.04 Å². The van der Waals surface area contributed by atoms with Gasteiger partial charge in [-0.1, -0.05) is 6.92 Å². The molecule has 3 fully saturated rings. The second kappa shape index (κ2) is 6.41. The predicted molar refractivity (Wildman–Crippen MR) is 77.6 cm³/mol. The Hall–Kier alpha value is -0.650. The van der Waals surface area contributed by atoms with Gasteiger partial charge < -0.3 is 15.0 Å². The maximum atomic E-state index is 12.7. The van der Waals surface area contributed by atoms with E-state index in [0.717, 1.165) is 52.4 Å². The van der Waals surface area contributed by atoms with E-state index in [1.165, 1.54) is 12.8 Å². The van der Waals surface area contributed by atoms with Crippen molar-refractivity contribution in [2.75, 3.05) is 45.9 Å². The number of carbonyl (C=O) groups is 1. The van der Waals surface area contributed by atoms with Gasteiger partial charge in [0.05, 0.1) is 19.3 Å². The number of hydrogen-bond acceptors (Lipinski definition) is 4. The molecule has 0 bridgehead atoms. The van der Waals surface area contributed by atoms with E-state index < -0.39 is 0 Å². The lowest BCUT2D eigenvalue weighted by Crippen LogP contribution is -2.52. The van der Waals surface area contributed by atoms with E-state index in [2.05, 4.69) is 22.0 Å². The second-order valence-corrected chi connectivity index (χ2v) is 6.43. The summed E-state index contributed by atoms with van der Waals surface area (Å²) in [5.74, 6) is 0.798. The standard InChI is InChI=1S/C15H27N3O2/c1-12-3-2-5-16-14(12)15(19)18-6-4-13(11-18)17-7-9-20-10-8-17/h12-14,16H,2-11H2,1H3. The van der Waals surface area contributed by atoms with E-state index in [9.17, 15) is 4.79 Å². The fourth-order valence-corrected chi connectivity index (χ4v) is 3.76. The molecule has 0 radical (unpaired) electrons. The van der Waals surface area contributed by atoms with Crippen LogP contribution in [0.1, 0.15) is 26.2 Å². The molecule has 1 amide bonds. The van der Waals surface area contributed by atoms with Crippen LogP contribution >= 0.6 is 0 Å². The van der Waals surface area contributed by atoms with Crippen molar-refractivity contribution in [2.24, 2.45) is 5.92 Å². The molecule has 3 aliphatic heterocycles. The first-order valence-electron chi connectivity index (χ1n) is 8.09. The summed E-state index contributed by atoms with van der Waals surface area (Å²) in [6.45, 7) is 8.73. The van der Waals surface area contributed by atoms with Crippen molar-refractivity contribution in [3.05, 3.63) is 0 Å². The van der Waals surface area contributed by atoms with Crippen LogP contribution in [0.5, 0.6) is 0 Å². The Morgan fingerprint density at radius 2 is 2.00 bits per heavy atom. The predicted octanol–water partition coefficient (Wildman–Crippen LogP) is 0.308. The van der Waals surface area contributed by atoms with E-state index in [1.54, 1.807) is 0 Å². The topological polar surface area (TPSA) is 44.8 Å². The number of hydrogen-bond donors (Lipinski definition) is 1. The van der Waals surface area contributed by atoms with Crippen LogP contribution in [-0.2, 0) is 9.53 Å². The lowest BCUT2D eigenvalue weighted by atomic mass is 9.92. The lowest BCUT2D eigenvalue weighted by molar-refractivity contribution is -0.134. The van der Waals surface area contributed by atoms with Crippen LogP contribution in [0.4, 0.5) is 0 Å². The quantitative estimate of drug-likeness (QED) is 0.791. The molecule has 0 saturated carbocycles. The van der Waals surface area contributed by atoms with Crippen molar-refractivity contribution >= 4 is 5.91 Å². The van der Waals surface area contributed by atoms with Gasteiger partial charge in [0, 0.05) is 32.2 Å². The smallest absolute Gasteiger partial charge is 0.240 e. The first-order chi connectivity index (χ1) is 9.75. The van der Waals surface area contributed by atoms with Crippen molar-refractivity contribution in [3.8, 4) is 0 Å². The Morgan fingerprint density at radius 1 is 1.20 bits per heavy atom. The molecule has 3 unspecified atom stereocenters. The molecule has 0 aromatic carbocycles. The Morgan fingerprint density at radius 3 is 2.75 bits per heavy atom. The van der Waals surface area contributed by atoms with Gasteiger partial charge in [0.1, 0.15) is 0 Å². The van der Waals surface area contributed by atoms with Gasteiger partial charge >= 0.3 is 0 Å². The second-order valence-electron chi connectivity index (χ2n) is 6.43. The number of morpholine rings is 1. The normalized spacial score (nSPS) is 36.2. The monoisotopic (exact) mass is 281 g/mol. The molecule has 1 N–H and O–H groups in total. The Kier molecular flexibility index (Phi) is 4.58. The number of likely N-dealkylation sites (tertiary alicyclic amines) is 1. The van der Waals surface area contributed by atoms with Gasteiger partial charge in [0.25, 0.3) is 0 Å². The number of nitrogens with zero attached hydrogens (tertiary/aromatic N) is 2. The van der Waals surface area contributed by atoms with Crippen molar-refractivity contribution in [1.29, 1.82) is 0 Å². The van der Waals surface area contributed by atoms with Gasteiger partial charge in [-0.2, -0.15) is 0 Å². The summed E-state index contributed by atoms with van der Waals surface area (Å²) >= 11 is 0. The molecule has 5 nitrogen and oxygen atoms in total. The number of ether oxygens (including phenoxy) is 1. The molecule has 0 aliphatic carbocycles. The number of rotatable bonds is 2. The zero-order chi connectivity index (χ0) is 13.9. The first kappa shape index (κ1) is 14.3. The Labute approximate surface area is 121 Å². The summed E-state index contributed by atoms with van der Waals surface area (Å²) < 4.78 is 5.41. The minimum Gasteiger partial charge on any atom is -0.379 e. The minimum atomic E-state index is 0.0483. The lowest BCUT2D eigenvalue weighted by Gasteiger charge is -2.34. The zero-order valence-electron chi connectivity index (χ0n) is 12.5. The summed E-state index contributed by atoms with van der Waals surface area (Å²) in [5.41, 5.74) is 0. The molecule has 0 aromatic heterocycles. The van der Waals surface area contributed by atoms with Crippen LogP contribution in [0.15, 0.2) is 0 Å². The van der Waals surface area contributed by atoms with Crippen LogP contribution in [-0.4, -0.2) is 73.7 Å². The van der Waals surface area contributed by atoms with Crippen LogP contribution in [0.2, 0.25) is 0 Å². The minimum absolute atomic E-state index is 0.0483. The van der Waals surface area contributed by atoms with Crippen molar-refractivity contribution in [2.45, 2.75) is 38.3 Å². The molecule has 5 heteroatoms. The van der Waals surface area contributed by atoms with Gasteiger partial charge in [0.15, 0.2) is 0 Å².